The van der Waals surface area contributed by atoms with Crippen LogP contribution < -0.4 is 4.74 Å². The van der Waals surface area contributed by atoms with Crippen LogP contribution in [0.15, 0.2) is 12.1 Å². The lowest BCUT2D eigenvalue weighted by molar-refractivity contribution is 0.407. The van der Waals surface area contributed by atoms with E-state index in [9.17, 15) is 0 Å². The third-order valence-corrected chi connectivity index (χ3v) is 2.54. The molecule has 0 spiro atoms. The number of ether oxygens (including phenoxy) is 1. The van der Waals surface area contributed by atoms with Gasteiger partial charge >= 0.3 is 0 Å². The molecule has 1 aromatic rings. The Morgan fingerprint density at radius 1 is 1.31 bits per heavy atom. The maximum absolute atomic E-state index is 6.03. The molecule has 0 unspecified atom stereocenters. The number of halogens is 1. The fourth-order valence-corrected chi connectivity index (χ4v) is 1.47. The van der Waals surface area contributed by atoms with Gasteiger partial charge in [0.15, 0.2) is 0 Å². The molecular formula is C11H15ClO. The van der Waals surface area contributed by atoms with Gasteiger partial charge in [-0.05, 0) is 36.1 Å². The average molecular weight is 199 g/mol. The predicted octanol–water partition coefficient (Wildman–Crippen LogP) is 3.78. The van der Waals surface area contributed by atoms with Gasteiger partial charge in [-0.3, -0.25) is 0 Å². The number of methoxy groups -OCH3 is 1. The lowest BCUT2D eigenvalue weighted by atomic mass is 10.0. The molecule has 1 rings (SSSR count). The van der Waals surface area contributed by atoms with Gasteiger partial charge in [-0.25, -0.2) is 0 Å². The predicted molar refractivity (Wildman–Crippen MR) is 56.8 cm³/mol. The summed E-state index contributed by atoms with van der Waals surface area (Å²) in [6.45, 7) is 6.24. The smallest absolute Gasteiger partial charge is 0.122 e. The summed E-state index contributed by atoms with van der Waals surface area (Å²) in [5.74, 6) is 1.37. The first-order chi connectivity index (χ1) is 6.06. The van der Waals surface area contributed by atoms with Crippen LogP contribution in [-0.4, -0.2) is 7.11 Å². The van der Waals surface area contributed by atoms with Crippen molar-refractivity contribution in [3.63, 3.8) is 0 Å². The Balaban J connectivity index is 3.25. The Morgan fingerprint density at radius 3 is 2.38 bits per heavy atom. The SMILES string of the molecule is COc1cc(C)c(Cl)cc1C(C)C. The van der Waals surface area contributed by atoms with Gasteiger partial charge < -0.3 is 4.74 Å². The molecule has 0 heterocycles. The summed E-state index contributed by atoms with van der Waals surface area (Å²) in [5, 5.41) is 0.810. The third-order valence-electron chi connectivity index (χ3n) is 2.13. The van der Waals surface area contributed by atoms with Gasteiger partial charge in [-0.2, -0.15) is 0 Å². The van der Waals surface area contributed by atoms with E-state index in [1.54, 1.807) is 7.11 Å². The van der Waals surface area contributed by atoms with E-state index in [0.29, 0.717) is 5.92 Å². The maximum atomic E-state index is 6.03. The van der Waals surface area contributed by atoms with Crippen molar-refractivity contribution in [3.05, 3.63) is 28.3 Å². The highest BCUT2D eigenvalue weighted by atomic mass is 35.5. The number of hydrogen-bond donors (Lipinski definition) is 0. The van der Waals surface area contributed by atoms with E-state index in [4.69, 9.17) is 16.3 Å². The van der Waals surface area contributed by atoms with Gasteiger partial charge in [0.2, 0.25) is 0 Å². The molecule has 72 valence electrons. The van der Waals surface area contributed by atoms with E-state index >= 15 is 0 Å². The second-order valence-electron chi connectivity index (χ2n) is 3.50. The van der Waals surface area contributed by atoms with Crippen LogP contribution in [0.3, 0.4) is 0 Å². The topological polar surface area (TPSA) is 9.23 Å². The largest absolute Gasteiger partial charge is 0.496 e. The number of benzene rings is 1. The Bertz CT molecular complexity index is 305. The van der Waals surface area contributed by atoms with E-state index in [0.717, 1.165) is 21.9 Å². The van der Waals surface area contributed by atoms with Crippen molar-refractivity contribution in [2.24, 2.45) is 0 Å². The normalized spacial score (nSPS) is 10.6. The highest BCUT2D eigenvalue weighted by molar-refractivity contribution is 6.31. The van der Waals surface area contributed by atoms with Crippen LogP contribution in [-0.2, 0) is 0 Å². The molecule has 1 aromatic carbocycles. The van der Waals surface area contributed by atoms with E-state index in [-0.39, 0.29) is 0 Å². The first-order valence-electron chi connectivity index (χ1n) is 4.40. The van der Waals surface area contributed by atoms with E-state index in [2.05, 4.69) is 13.8 Å². The zero-order chi connectivity index (χ0) is 10.0. The number of aryl methyl sites for hydroxylation is 1. The summed E-state index contributed by atoms with van der Waals surface area (Å²) in [4.78, 5) is 0. The molecule has 1 nitrogen and oxygen atoms in total. The molecule has 0 atom stereocenters. The molecular weight excluding hydrogens is 184 g/mol. The monoisotopic (exact) mass is 198 g/mol. The molecule has 0 amide bonds. The summed E-state index contributed by atoms with van der Waals surface area (Å²) in [6, 6.07) is 3.97. The molecule has 0 N–H and O–H groups in total. The van der Waals surface area contributed by atoms with Crippen LogP contribution in [0, 0.1) is 6.92 Å². The molecule has 0 saturated heterocycles. The highest BCUT2D eigenvalue weighted by Crippen LogP contribution is 2.31. The van der Waals surface area contributed by atoms with Gasteiger partial charge in [0.05, 0.1) is 7.11 Å². The average Bonchev–Trinajstić information content (AvgIpc) is 2.08. The van der Waals surface area contributed by atoms with E-state index < -0.39 is 0 Å². The minimum atomic E-state index is 0.438. The van der Waals surface area contributed by atoms with Crippen LogP contribution in [0.1, 0.15) is 30.9 Å². The van der Waals surface area contributed by atoms with Crippen LogP contribution in [0.2, 0.25) is 5.02 Å². The maximum Gasteiger partial charge on any atom is 0.122 e. The quantitative estimate of drug-likeness (QED) is 0.703. The van der Waals surface area contributed by atoms with Crippen molar-refractivity contribution in [2.75, 3.05) is 7.11 Å². The second-order valence-corrected chi connectivity index (χ2v) is 3.91. The lowest BCUT2D eigenvalue weighted by Crippen LogP contribution is -1.95. The minimum absolute atomic E-state index is 0.438. The molecule has 0 aliphatic rings. The fraction of sp³-hybridized carbons (Fsp3) is 0.455. The summed E-state index contributed by atoms with van der Waals surface area (Å²) in [7, 11) is 1.69. The van der Waals surface area contributed by atoms with Crippen molar-refractivity contribution in [1.29, 1.82) is 0 Å². The number of hydrogen-bond acceptors (Lipinski definition) is 1. The second kappa shape index (κ2) is 4.01. The van der Waals surface area contributed by atoms with Crippen molar-refractivity contribution in [1.82, 2.24) is 0 Å². The molecule has 0 bridgehead atoms. The summed E-state index contributed by atoms with van der Waals surface area (Å²) in [5.41, 5.74) is 2.22. The molecule has 0 aliphatic heterocycles. The molecule has 0 aromatic heterocycles. The first kappa shape index (κ1) is 10.4. The Labute approximate surface area is 84.7 Å². The molecule has 0 radical (unpaired) electrons. The molecule has 13 heavy (non-hydrogen) atoms. The van der Waals surface area contributed by atoms with Crippen molar-refractivity contribution in [2.45, 2.75) is 26.7 Å². The van der Waals surface area contributed by atoms with Crippen molar-refractivity contribution in [3.8, 4) is 5.75 Å². The molecule has 2 heteroatoms. The van der Waals surface area contributed by atoms with Gasteiger partial charge in [0.1, 0.15) is 5.75 Å². The van der Waals surface area contributed by atoms with Crippen LogP contribution in [0.5, 0.6) is 5.75 Å². The van der Waals surface area contributed by atoms with E-state index in [1.165, 1.54) is 0 Å². The Kier molecular flexibility index (Phi) is 3.21. The number of rotatable bonds is 2. The van der Waals surface area contributed by atoms with Crippen molar-refractivity contribution >= 4 is 11.6 Å². The summed E-state index contributed by atoms with van der Waals surface area (Å²) < 4.78 is 5.28. The zero-order valence-electron chi connectivity index (χ0n) is 8.52. The van der Waals surface area contributed by atoms with Crippen LogP contribution in [0.25, 0.3) is 0 Å². The van der Waals surface area contributed by atoms with Gasteiger partial charge in [0, 0.05) is 5.02 Å². The Morgan fingerprint density at radius 2 is 1.92 bits per heavy atom. The van der Waals surface area contributed by atoms with Gasteiger partial charge in [-0.1, -0.05) is 25.4 Å². The first-order valence-corrected chi connectivity index (χ1v) is 4.78. The lowest BCUT2D eigenvalue weighted by Gasteiger charge is -2.13. The Hall–Kier alpha value is -0.690. The summed E-state index contributed by atoms with van der Waals surface area (Å²) >= 11 is 6.03. The third kappa shape index (κ3) is 2.16. The molecule has 0 aliphatic carbocycles. The summed E-state index contributed by atoms with van der Waals surface area (Å²) in [6.07, 6.45) is 0. The van der Waals surface area contributed by atoms with Crippen LogP contribution in [0.4, 0.5) is 0 Å². The van der Waals surface area contributed by atoms with Crippen LogP contribution >= 0.6 is 11.6 Å². The molecule has 0 saturated carbocycles. The standard InChI is InChI=1S/C11H15ClO/c1-7(2)9-6-10(12)8(3)5-11(9)13-4/h5-7H,1-4H3. The zero-order valence-corrected chi connectivity index (χ0v) is 9.27. The van der Waals surface area contributed by atoms with Crippen molar-refractivity contribution < 1.29 is 4.74 Å². The minimum Gasteiger partial charge on any atom is -0.496 e. The highest BCUT2D eigenvalue weighted by Gasteiger charge is 2.09. The van der Waals surface area contributed by atoms with Gasteiger partial charge in [-0.15, -0.1) is 0 Å². The fourth-order valence-electron chi connectivity index (χ4n) is 1.30. The van der Waals surface area contributed by atoms with E-state index in [1.807, 2.05) is 19.1 Å². The molecule has 0 fully saturated rings. The van der Waals surface area contributed by atoms with Gasteiger partial charge in [0.25, 0.3) is 0 Å².